The van der Waals surface area contributed by atoms with E-state index in [2.05, 4.69) is 4.98 Å². The topological polar surface area (TPSA) is 57.7 Å². The van der Waals surface area contributed by atoms with Crippen molar-refractivity contribution in [2.75, 3.05) is 20.3 Å². The molecule has 0 saturated heterocycles. The zero-order valence-corrected chi connectivity index (χ0v) is 11.0. The van der Waals surface area contributed by atoms with Crippen molar-refractivity contribution in [2.45, 2.75) is 0 Å². The quantitative estimate of drug-likeness (QED) is 0.800. The lowest BCUT2D eigenvalue weighted by molar-refractivity contribution is 0.102. The van der Waals surface area contributed by atoms with Gasteiger partial charge in [-0.2, -0.15) is 0 Å². The number of hydrogen-bond donors (Lipinski definition) is 0. The molecule has 2 aromatic rings. The molecule has 20 heavy (non-hydrogen) atoms. The van der Waals surface area contributed by atoms with Gasteiger partial charge >= 0.3 is 0 Å². The number of nitrogens with zero attached hydrogens (tertiary/aromatic N) is 1. The van der Waals surface area contributed by atoms with E-state index in [1.807, 2.05) is 0 Å². The maximum Gasteiger partial charge on any atom is 0.219 e. The summed E-state index contributed by atoms with van der Waals surface area (Å²) < 4.78 is 16.2. The van der Waals surface area contributed by atoms with Gasteiger partial charge in [0.25, 0.3) is 0 Å². The number of ketones is 1. The van der Waals surface area contributed by atoms with Gasteiger partial charge in [-0.1, -0.05) is 6.07 Å². The second-order valence-electron chi connectivity index (χ2n) is 4.21. The third-order valence-electron chi connectivity index (χ3n) is 3.02. The molecular weight excluding hydrogens is 258 g/mol. The van der Waals surface area contributed by atoms with Crippen LogP contribution in [0.2, 0.25) is 0 Å². The smallest absolute Gasteiger partial charge is 0.219 e. The van der Waals surface area contributed by atoms with Crippen molar-refractivity contribution in [2.24, 2.45) is 0 Å². The van der Waals surface area contributed by atoms with Gasteiger partial charge in [0, 0.05) is 6.20 Å². The second kappa shape index (κ2) is 5.21. The predicted octanol–water partition coefficient (Wildman–Crippen LogP) is 2.09. The standard InChI is InChI=1S/C15H13NO4/c1-18-11-6-3-7-16-13(11)14(17)10-4-2-5-12-15(10)20-9-8-19-12/h2-7H,8-9H2,1H3. The van der Waals surface area contributed by atoms with Crippen molar-refractivity contribution in [1.29, 1.82) is 0 Å². The Morgan fingerprint density at radius 3 is 2.90 bits per heavy atom. The summed E-state index contributed by atoms with van der Waals surface area (Å²) >= 11 is 0. The molecule has 1 aromatic carbocycles. The van der Waals surface area contributed by atoms with E-state index < -0.39 is 0 Å². The summed E-state index contributed by atoms with van der Waals surface area (Å²) in [5, 5.41) is 0. The number of pyridine rings is 1. The van der Waals surface area contributed by atoms with E-state index >= 15 is 0 Å². The molecule has 0 atom stereocenters. The van der Waals surface area contributed by atoms with Gasteiger partial charge in [-0.3, -0.25) is 4.79 Å². The Morgan fingerprint density at radius 1 is 1.20 bits per heavy atom. The van der Waals surface area contributed by atoms with Crippen molar-refractivity contribution >= 4 is 5.78 Å². The Kier molecular flexibility index (Phi) is 3.25. The van der Waals surface area contributed by atoms with Gasteiger partial charge in [0.2, 0.25) is 5.78 Å². The van der Waals surface area contributed by atoms with Crippen LogP contribution in [-0.4, -0.2) is 31.1 Å². The molecule has 5 nitrogen and oxygen atoms in total. The summed E-state index contributed by atoms with van der Waals surface area (Å²) in [4.78, 5) is 16.7. The second-order valence-corrected chi connectivity index (χ2v) is 4.21. The Labute approximate surface area is 116 Å². The van der Waals surface area contributed by atoms with Gasteiger partial charge in [-0.05, 0) is 24.3 Å². The SMILES string of the molecule is COc1cccnc1C(=O)c1cccc2c1OCCO2. The number of rotatable bonds is 3. The van der Waals surface area contributed by atoms with E-state index in [9.17, 15) is 4.79 Å². The van der Waals surface area contributed by atoms with Crippen LogP contribution in [0.25, 0.3) is 0 Å². The van der Waals surface area contributed by atoms with Crippen molar-refractivity contribution < 1.29 is 19.0 Å². The van der Waals surface area contributed by atoms with Crippen LogP contribution in [0.1, 0.15) is 16.1 Å². The summed E-state index contributed by atoms with van der Waals surface area (Å²) in [6, 6.07) is 8.66. The summed E-state index contributed by atoms with van der Waals surface area (Å²) in [5.41, 5.74) is 0.691. The number of carbonyl (C=O) groups is 1. The molecule has 3 rings (SSSR count). The molecule has 1 aromatic heterocycles. The van der Waals surface area contributed by atoms with Crippen LogP contribution in [-0.2, 0) is 0 Å². The fourth-order valence-corrected chi connectivity index (χ4v) is 2.11. The number of fused-ring (bicyclic) bond motifs is 1. The maximum absolute atomic E-state index is 12.6. The van der Waals surface area contributed by atoms with E-state index in [0.29, 0.717) is 36.0 Å². The molecule has 0 N–H and O–H groups in total. The molecular formula is C15H13NO4. The van der Waals surface area contributed by atoms with E-state index in [1.165, 1.54) is 7.11 Å². The molecule has 0 bridgehead atoms. The molecule has 0 aliphatic carbocycles. The molecule has 102 valence electrons. The molecule has 0 fully saturated rings. The van der Waals surface area contributed by atoms with E-state index in [-0.39, 0.29) is 11.5 Å². The number of benzene rings is 1. The first kappa shape index (κ1) is 12.5. The minimum absolute atomic E-state index is 0.246. The van der Waals surface area contributed by atoms with E-state index in [1.54, 1.807) is 36.5 Å². The number of methoxy groups -OCH3 is 1. The van der Waals surface area contributed by atoms with Crippen molar-refractivity contribution in [3.8, 4) is 17.2 Å². The van der Waals surface area contributed by atoms with Gasteiger partial charge in [0.15, 0.2) is 17.2 Å². The summed E-state index contributed by atoms with van der Waals surface area (Å²) in [6.07, 6.45) is 1.56. The van der Waals surface area contributed by atoms with Crippen LogP contribution in [0.4, 0.5) is 0 Å². The monoisotopic (exact) mass is 271 g/mol. The average molecular weight is 271 g/mol. The fraction of sp³-hybridized carbons (Fsp3) is 0.200. The van der Waals surface area contributed by atoms with E-state index in [0.717, 1.165) is 0 Å². The molecule has 5 heteroatoms. The van der Waals surface area contributed by atoms with Crippen LogP contribution >= 0.6 is 0 Å². The third-order valence-corrected chi connectivity index (χ3v) is 3.02. The maximum atomic E-state index is 12.6. The van der Waals surface area contributed by atoms with Gasteiger partial charge in [-0.15, -0.1) is 0 Å². The Bertz CT molecular complexity index is 654. The van der Waals surface area contributed by atoms with Crippen LogP contribution in [0.3, 0.4) is 0 Å². The van der Waals surface area contributed by atoms with Crippen molar-refractivity contribution in [3.63, 3.8) is 0 Å². The lowest BCUT2D eigenvalue weighted by Gasteiger charge is -2.20. The lowest BCUT2D eigenvalue weighted by Crippen LogP contribution is -2.18. The van der Waals surface area contributed by atoms with Gasteiger partial charge in [0.05, 0.1) is 12.7 Å². The average Bonchev–Trinajstić information content (AvgIpc) is 2.53. The van der Waals surface area contributed by atoms with Crippen molar-refractivity contribution in [1.82, 2.24) is 4.98 Å². The molecule has 0 spiro atoms. The summed E-state index contributed by atoms with van der Waals surface area (Å²) in [5.74, 6) is 1.24. The molecule has 0 unspecified atom stereocenters. The summed E-state index contributed by atoms with van der Waals surface area (Å²) in [7, 11) is 1.51. The summed E-state index contributed by atoms with van der Waals surface area (Å²) in [6.45, 7) is 0.911. The van der Waals surface area contributed by atoms with Gasteiger partial charge in [0.1, 0.15) is 19.0 Å². The highest BCUT2D eigenvalue weighted by atomic mass is 16.6. The normalized spacial score (nSPS) is 12.8. The van der Waals surface area contributed by atoms with Crippen molar-refractivity contribution in [3.05, 3.63) is 47.8 Å². The number of aromatic nitrogens is 1. The highest BCUT2D eigenvalue weighted by molar-refractivity contribution is 6.11. The predicted molar refractivity (Wildman–Crippen MR) is 71.7 cm³/mol. The first-order valence-corrected chi connectivity index (χ1v) is 6.23. The third kappa shape index (κ3) is 2.07. The van der Waals surface area contributed by atoms with Crippen LogP contribution in [0, 0.1) is 0 Å². The molecule has 2 heterocycles. The van der Waals surface area contributed by atoms with Gasteiger partial charge in [-0.25, -0.2) is 4.98 Å². The lowest BCUT2D eigenvalue weighted by atomic mass is 10.0. The highest BCUT2D eigenvalue weighted by Crippen LogP contribution is 2.35. The number of hydrogen-bond acceptors (Lipinski definition) is 5. The molecule has 0 amide bonds. The van der Waals surface area contributed by atoms with Crippen LogP contribution < -0.4 is 14.2 Å². The zero-order valence-electron chi connectivity index (χ0n) is 11.0. The Balaban J connectivity index is 2.07. The van der Waals surface area contributed by atoms with Crippen LogP contribution in [0.15, 0.2) is 36.5 Å². The number of carbonyl (C=O) groups excluding carboxylic acids is 1. The molecule has 0 saturated carbocycles. The molecule has 0 radical (unpaired) electrons. The number of para-hydroxylation sites is 1. The van der Waals surface area contributed by atoms with Crippen LogP contribution in [0.5, 0.6) is 17.2 Å². The minimum Gasteiger partial charge on any atom is -0.494 e. The minimum atomic E-state index is -0.246. The number of ether oxygens (including phenoxy) is 3. The van der Waals surface area contributed by atoms with Gasteiger partial charge < -0.3 is 14.2 Å². The largest absolute Gasteiger partial charge is 0.494 e. The van der Waals surface area contributed by atoms with E-state index in [4.69, 9.17) is 14.2 Å². The Morgan fingerprint density at radius 2 is 2.05 bits per heavy atom. The molecule has 1 aliphatic heterocycles. The first-order chi connectivity index (χ1) is 9.81. The fourth-order valence-electron chi connectivity index (χ4n) is 2.11. The first-order valence-electron chi connectivity index (χ1n) is 6.23. The zero-order chi connectivity index (χ0) is 13.9. The highest BCUT2D eigenvalue weighted by Gasteiger charge is 2.24. The Hall–Kier alpha value is -2.56. The molecule has 1 aliphatic rings.